The van der Waals surface area contributed by atoms with Crippen LogP contribution in [0.5, 0.6) is 0 Å². The third-order valence-electron chi connectivity index (χ3n) is 2.51. The molecular formula is C13H15ClN2OS. The molecule has 1 atom stereocenters. The van der Waals surface area contributed by atoms with Gasteiger partial charge in [-0.1, -0.05) is 17.7 Å². The highest BCUT2D eigenvalue weighted by Gasteiger charge is 2.10. The van der Waals surface area contributed by atoms with E-state index in [2.05, 4.69) is 5.43 Å². The molecule has 0 fully saturated rings. The number of nitrogens with one attached hydrogen (secondary N) is 1. The van der Waals surface area contributed by atoms with Crippen molar-refractivity contribution in [2.24, 2.45) is 5.84 Å². The maximum absolute atomic E-state index is 5.94. The Balaban J connectivity index is 1.87. The van der Waals surface area contributed by atoms with Crippen molar-refractivity contribution in [3.8, 4) is 0 Å². The molecule has 0 bridgehead atoms. The number of halogens is 1. The lowest BCUT2D eigenvalue weighted by Crippen LogP contribution is -2.38. The normalized spacial score (nSPS) is 12.6. The minimum atomic E-state index is 0.167. The van der Waals surface area contributed by atoms with Crippen molar-refractivity contribution in [1.82, 2.24) is 5.43 Å². The summed E-state index contributed by atoms with van der Waals surface area (Å²) in [5.74, 6) is 7.35. The van der Waals surface area contributed by atoms with Crippen molar-refractivity contribution >= 4 is 23.4 Å². The summed E-state index contributed by atoms with van der Waals surface area (Å²) >= 11 is 7.66. The van der Waals surface area contributed by atoms with Gasteiger partial charge in [0.25, 0.3) is 0 Å². The average molecular weight is 283 g/mol. The Morgan fingerprint density at radius 2 is 2.22 bits per heavy atom. The third-order valence-corrected chi connectivity index (χ3v) is 3.90. The molecule has 0 saturated carbocycles. The molecule has 0 aliphatic rings. The van der Waals surface area contributed by atoms with E-state index < -0.39 is 0 Å². The topological polar surface area (TPSA) is 51.2 Å². The van der Waals surface area contributed by atoms with Gasteiger partial charge in [0.15, 0.2) is 0 Å². The molecule has 5 heteroatoms. The number of hydrogen-bond acceptors (Lipinski definition) is 4. The second-order valence-electron chi connectivity index (χ2n) is 3.92. The second kappa shape index (κ2) is 6.85. The molecule has 0 radical (unpaired) electrons. The van der Waals surface area contributed by atoms with Gasteiger partial charge < -0.3 is 4.42 Å². The first-order valence-electron chi connectivity index (χ1n) is 5.65. The fraction of sp³-hybridized carbons (Fsp3) is 0.231. The van der Waals surface area contributed by atoms with Gasteiger partial charge in [-0.05, 0) is 30.3 Å². The predicted molar refractivity (Wildman–Crippen MR) is 75.7 cm³/mol. The Bertz CT molecular complexity index is 476. The molecule has 0 amide bonds. The molecule has 1 aromatic carbocycles. The summed E-state index contributed by atoms with van der Waals surface area (Å²) in [6.07, 6.45) is 2.45. The van der Waals surface area contributed by atoms with Crippen LogP contribution < -0.4 is 11.3 Å². The quantitative estimate of drug-likeness (QED) is 0.486. The molecule has 0 spiro atoms. The molecule has 1 aromatic heterocycles. The second-order valence-corrected chi connectivity index (χ2v) is 5.45. The molecule has 3 N–H and O–H groups in total. The van der Waals surface area contributed by atoms with Crippen LogP contribution in [0, 0.1) is 0 Å². The summed E-state index contributed by atoms with van der Waals surface area (Å²) in [4.78, 5) is 1.14. The monoisotopic (exact) mass is 282 g/mol. The lowest BCUT2D eigenvalue weighted by Gasteiger charge is -2.14. The van der Waals surface area contributed by atoms with Crippen LogP contribution in [0.2, 0.25) is 5.02 Å². The van der Waals surface area contributed by atoms with E-state index in [4.69, 9.17) is 21.9 Å². The Morgan fingerprint density at radius 1 is 1.33 bits per heavy atom. The maximum atomic E-state index is 5.94. The number of benzene rings is 1. The number of nitrogens with two attached hydrogens (primary N) is 1. The van der Waals surface area contributed by atoms with Crippen molar-refractivity contribution in [2.75, 3.05) is 5.75 Å². The van der Waals surface area contributed by atoms with E-state index >= 15 is 0 Å². The van der Waals surface area contributed by atoms with Crippen LogP contribution in [0.1, 0.15) is 5.76 Å². The highest BCUT2D eigenvalue weighted by atomic mass is 35.5. The van der Waals surface area contributed by atoms with Gasteiger partial charge in [-0.2, -0.15) is 0 Å². The number of hydrogen-bond donors (Lipinski definition) is 2. The number of hydrazine groups is 1. The summed E-state index contributed by atoms with van der Waals surface area (Å²) in [7, 11) is 0. The summed E-state index contributed by atoms with van der Waals surface area (Å²) in [6, 6.07) is 11.8. The van der Waals surface area contributed by atoms with Crippen LogP contribution in [-0.2, 0) is 6.42 Å². The molecule has 1 heterocycles. The third kappa shape index (κ3) is 4.07. The van der Waals surface area contributed by atoms with Crippen LogP contribution in [0.25, 0.3) is 0 Å². The van der Waals surface area contributed by atoms with Gasteiger partial charge in [-0.25, -0.2) is 0 Å². The minimum Gasteiger partial charge on any atom is -0.469 e. The molecule has 0 aliphatic heterocycles. The molecule has 18 heavy (non-hydrogen) atoms. The van der Waals surface area contributed by atoms with Crippen LogP contribution in [-0.4, -0.2) is 11.8 Å². The Hall–Kier alpha value is -0.940. The average Bonchev–Trinajstić information content (AvgIpc) is 2.87. The van der Waals surface area contributed by atoms with Gasteiger partial charge in [0, 0.05) is 28.1 Å². The zero-order valence-corrected chi connectivity index (χ0v) is 11.4. The number of furan rings is 1. The largest absolute Gasteiger partial charge is 0.469 e. The lowest BCUT2D eigenvalue weighted by molar-refractivity contribution is 0.465. The van der Waals surface area contributed by atoms with Gasteiger partial charge in [0.1, 0.15) is 5.76 Å². The Labute approximate surface area is 116 Å². The van der Waals surface area contributed by atoms with Crippen LogP contribution in [0.3, 0.4) is 0 Å². The first kappa shape index (κ1) is 13.5. The molecule has 2 aromatic rings. The molecule has 0 saturated heterocycles. The molecule has 2 rings (SSSR count). The van der Waals surface area contributed by atoms with E-state index in [1.165, 1.54) is 0 Å². The van der Waals surface area contributed by atoms with Gasteiger partial charge in [0.05, 0.1) is 6.26 Å². The van der Waals surface area contributed by atoms with Crippen LogP contribution in [0.15, 0.2) is 52.0 Å². The van der Waals surface area contributed by atoms with E-state index in [0.29, 0.717) is 0 Å². The maximum Gasteiger partial charge on any atom is 0.105 e. The van der Waals surface area contributed by atoms with Gasteiger partial charge >= 0.3 is 0 Å². The van der Waals surface area contributed by atoms with E-state index in [1.54, 1.807) is 18.0 Å². The number of rotatable bonds is 6. The van der Waals surface area contributed by atoms with E-state index in [1.807, 2.05) is 36.4 Å². The van der Waals surface area contributed by atoms with Gasteiger partial charge in [-0.15, -0.1) is 11.8 Å². The van der Waals surface area contributed by atoms with E-state index in [9.17, 15) is 0 Å². The summed E-state index contributed by atoms with van der Waals surface area (Å²) in [5.41, 5.74) is 2.81. The van der Waals surface area contributed by atoms with Crippen molar-refractivity contribution in [3.63, 3.8) is 0 Å². The Kier molecular flexibility index (Phi) is 5.13. The van der Waals surface area contributed by atoms with Crippen molar-refractivity contribution in [2.45, 2.75) is 17.4 Å². The SMILES string of the molecule is NNC(CSc1cccc(Cl)c1)Cc1ccco1. The zero-order chi connectivity index (χ0) is 12.8. The number of thioether (sulfide) groups is 1. The Morgan fingerprint density at radius 3 is 2.89 bits per heavy atom. The van der Waals surface area contributed by atoms with E-state index in [-0.39, 0.29) is 6.04 Å². The standard InChI is InChI=1S/C13H15ClN2OS/c14-10-3-1-5-13(7-10)18-9-11(16-15)8-12-4-2-6-17-12/h1-7,11,16H,8-9,15H2. The van der Waals surface area contributed by atoms with Crippen molar-refractivity contribution < 1.29 is 4.42 Å². The minimum absolute atomic E-state index is 0.167. The van der Waals surface area contributed by atoms with Gasteiger partial charge in [0.2, 0.25) is 0 Å². The van der Waals surface area contributed by atoms with Crippen molar-refractivity contribution in [1.29, 1.82) is 0 Å². The summed E-state index contributed by atoms with van der Waals surface area (Å²) in [6.45, 7) is 0. The van der Waals surface area contributed by atoms with Crippen LogP contribution >= 0.6 is 23.4 Å². The highest BCUT2D eigenvalue weighted by molar-refractivity contribution is 7.99. The summed E-state index contributed by atoms with van der Waals surface area (Å²) < 4.78 is 5.31. The fourth-order valence-electron chi connectivity index (χ4n) is 1.59. The van der Waals surface area contributed by atoms with Gasteiger partial charge in [-0.3, -0.25) is 11.3 Å². The first-order valence-corrected chi connectivity index (χ1v) is 7.01. The zero-order valence-electron chi connectivity index (χ0n) is 9.80. The smallest absolute Gasteiger partial charge is 0.105 e. The highest BCUT2D eigenvalue weighted by Crippen LogP contribution is 2.22. The lowest BCUT2D eigenvalue weighted by atomic mass is 10.2. The molecule has 1 unspecified atom stereocenters. The predicted octanol–water partition coefficient (Wildman–Crippen LogP) is 3.10. The first-order chi connectivity index (χ1) is 8.78. The molecule has 3 nitrogen and oxygen atoms in total. The molecule has 0 aliphatic carbocycles. The van der Waals surface area contributed by atoms with Crippen molar-refractivity contribution in [3.05, 3.63) is 53.4 Å². The summed E-state index contributed by atoms with van der Waals surface area (Å²) in [5, 5.41) is 0.753. The molecule has 96 valence electrons. The van der Waals surface area contributed by atoms with E-state index in [0.717, 1.165) is 27.9 Å². The fourth-order valence-corrected chi connectivity index (χ4v) is 2.84. The molecular weight excluding hydrogens is 268 g/mol. The van der Waals surface area contributed by atoms with Crippen LogP contribution in [0.4, 0.5) is 0 Å².